The molecule has 12 heteroatoms. The first-order chi connectivity index (χ1) is 15.3. The van der Waals surface area contributed by atoms with E-state index < -0.39 is 39.8 Å². The summed E-state index contributed by atoms with van der Waals surface area (Å²) < 4.78 is 70.0. The zero-order valence-electron chi connectivity index (χ0n) is 18.2. The molecule has 1 aromatic heterocycles. The van der Waals surface area contributed by atoms with Crippen molar-refractivity contribution in [3.05, 3.63) is 47.7 Å². The normalized spacial score (nSPS) is 21.5. The van der Waals surface area contributed by atoms with Crippen molar-refractivity contribution >= 4 is 21.8 Å². The van der Waals surface area contributed by atoms with Crippen molar-refractivity contribution in [2.45, 2.75) is 43.4 Å². The van der Waals surface area contributed by atoms with Crippen molar-refractivity contribution < 1.29 is 36.2 Å². The Labute approximate surface area is 189 Å². The summed E-state index contributed by atoms with van der Waals surface area (Å²) in [7, 11) is -2.47. The maximum absolute atomic E-state index is 13.7. The minimum Gasteiger partial charge on any atom is -0.495 e. The molecule has 0 saturated carbocycles. The lowest BCUT2D eigenvalue weighted by Crippen LogP contribution is -2.58. The smallest absolute Gasteiger partial charge is 0.417 e. The third-order valence-corrected chi connectivity index (χ3v) is 7.58. The maximum atomic E-state index is 13.7. The van der Waals surface area contributed by atoms with E-state index in [9.17, 15) is 26.4 Å². The molecule has 0 spiro atoms. The number of aliphatic carboxylic acids is 1. The molecule has 0 bridgehead atoms. The first-order valence-electron chi connectivity index (χ1n) is 10.1. The third kappa shape index (κ3) is 5.22. The average Bonchev–Trinajstić information content (AvgIpc) is 2.72. The summed E-state index contributed by atoms with van der Waals surface area (Å²) in [4.78, 5) is 16.8. The van der Waals surface area contributed by atoms with Gasteiger partial charge in [0, 0.05) is 31.4 Å². The quantitative estimate of drug-likeness (QED) is 0.627. The molecule has 1 fully saturated rings. The van der Waals surface area contributed by atoms with Crippen LogP contribution in [0.3, 0.4) is 0 Å². The lowest BCUT2D eigenvalue weighted by atomic mass is 10.1. The van der Waals surface area contributed by atoms with Crippen molar-refractivity contribution in [1.29, 1.82) is 0 Å². The second-order valence-corrected chi connectivity index (χ2v) is 9.77. The van der Waals surface area contributed by atoms with Gasteiger partial charge in [0.15, 0.2) is 4.90 Å². The van der Waals surface area contributed by atoms with E-state index in [0.717, 1.165) is 12.3 Å². The van der Waals surface area contributed by atoms with Gasteiger partial charge in [0.2, 0.25) is 0 Å². The number of nitrogens with zero attached hydrogens (tertiary/aromatic N) is 3. The van der Waals surface area contributed by atoms with E-state index in [2.05, 4.69) is 4.98 Å². The molecule has 0 aliphatic carbocycles. The summed E-state index contributed by atoms with van der Waals surface area (Å²) in [6, 6.07) is 5.61. The summed E-state index contributed by atoms with van der Waals surface area (Å²) in [6.45, 7) is 3.96. The highest BCUT2D eigenvalue weighted by atomic mass is 32.2. The van der Waals surface area contributed by atoms with Gasteiger partial charge in [0.05, 0.1) is 19.1 Å². The van der Waals surface area contributed by atoms with Crippen LogP contribution in [0.5, 0.6) is 5.75 Å². The number of pyridine rings is 1. The SMILES string of the molecule is COc1ccc(CC(=O)O)cc1S(=O)(=[OH+])N1C(C)CN(c2ccc(C(F)(F)F)cn2)CC1C. The summed E-state index contributed by atoms with van der Waals surface area (Å²) in [6.07, 6.45) is -4.03. The van der Waals surface area contributed by atoms with Crippen LogP contribution in [0.25, 0.3) is 0 Å². The van der Waals surface area contributed by atoms with Gasteiger partial charge in [-0.3, -0.25) is 4.79 Å². The molecule has 1 saturated heterocycles. The minimum atomic E-state index is -4.48. The zero-order valence-corrected chi connectivity index (χ0v) is 19.1. The molecule has 2 heterocycles. The Balaban J connectivity index is 1.89. The van der Waals surface area contributed by atoms with E-state index >= 15 is 0 Å². The van der Waals surface area contributed by atoms with E-state index in [-0.39, 0.29) is 30.2 Å². The molecule has 8 nitrogen and oxygen atoms in total. The van der Waals surface area contributed by atoms with Gasteiger partial charge in [-0.2, -0.15) is 17.4 Å². The van der Waals surface area contributed by atoms with Gasteiger partial charge in [-0.1, -0.05) is 6.07 Å². The second-order valence-electron chi connectivity index (χ2n) is 7.92. The van der Waals surface area contributed by atoms with Gasteiger partial charge < -0.3 is 14.7 Å². The van der Waals surface area contributed by atoms with E-state index in [0.29, 0.717) is 11.4 Å². The number of carboxylic acid groups (broad SMARTS) is 1. The molecule has 1 aromatic carbocycles. The summed E-state index contributed by atoms with van der Waals surface area (Å²) in [5.41, 5.74) is -0.495. The first-order valence-corrected chi connectivity index (χ1v) is 11.5. The maximum Gasteiger partial charge on any atom is 0.417 e. The van der Waals surface area contributed by atoms with Crippen LogP contribution in [-0.4, -0.2) is 61.1 Å². The van der Waals surface area contributed by atoms with Crippen LogP contribution < -0.4 is 9.64 Å². The fourth-order valence-electron chi connectivity index (χ4n) is 4.05. The van der Waals surface area contributed by atoms with Crippen LogP contribution in [-0.2, 0) is 27.4 Å². The molecule has 180 valence electrons. The van der Waals surface area contributed by atoms with Crippen molar-refractivity contribution in [2.24, 2.45) is 0 Å². The Kier molecular flexibility index (Phi) is 6.89. The number of ether oxygens (including phenoxy) is 1. The molecule has 1 aliphatic heterocycles. The number of rotatable bonds is 6. The molecular formula is C21H25F3N3O5S+. The Morgan fingerprint density at radius 3 is 2.36 bits per heavy atom. The number of anilines is 1. The third-order valence-electron chi connectivity index (χ3n) is 5.39. The Morgan fingerprint density at radius 2 is 1.88 bits per heavy atom. The molecule has 33 heavy (non-hydrogen) atoms. The summed E-state index contributed by atoms with van der Waals surface area (Å²) in [5.74, 6) is -0.579. The zero-order chi connectivity index (χ0) is 24.6. The van der Waals surface area contributed by atoms with Crippen LogP contribution in [0, 0.1) is 0 Å². The molecule has 1 aliphatic rings. The van der Waals surface area contributed by atoms with Crippen LogP contribution in [0.15, 0.2) is 41.4 Å². The molecule has 2 aromatic rings. The van der Waals surface area contributed by atoms with Crippen molar-refractivity contribution in [3.63, 3.8) is 0 Å². The fraction of sp³-hybridized carbons (Fsp3) is 0.429. The molecule has 3 rings (SSSR count). The average molecular weight is 489 g/mol. The number of hydrogen-bond donors (Lipinski definition) is 1. The Hall–Kier alpha value is -2.86. The van der Waals surface area contributed by atoms with Gasteiger partial charge in [0.25, 0.3) is 0 Å². The van der Waals surface area contributed by atoms with Crippen LogP contribution in [0.4, 0.5) is 19.0 Å². The molecular weight excluding hydrogens is 463 g/mol. The van der Waals surface area contributed by atoms with E-state index in [4.69, 9.17) is 9.84 Å². The summed E-state index contributed by atoms with van der Waals surface area (Å²) in [5, 5.41) is 9.07. The van der Waals surface area contributed by atoms with Crippen LogP contribution >= 0.6 is 0 Å². The highest BCUT2D eigenvalue weighted by Gasteiger charge is 2.44. The van der Waals surface area contributed by atoms with Gasteiger partial charge in [0.1, 0.15) is 11.6 Å². The van der Waals surface area contributed by atoms with Gasteiger partial charge >= 0.3 is 22.2 Å². The van der Waals surface area contributed by atoms with E-state index in [1.165, 1.54) is 35.7 Å². The number of carboxylic acids is 1. The van der Waals surface area contributed by atoms with Crippen molar-refractivity contribution in [3.8, 4) is 5.75 Å². The lowest BCUT2D eigenvalue weighted by molar-refractivity contribution is -0.138. The molecule has 0 amide bonds. The number of aromatic nitrogens is 1. The lowest BCUT2D eigenvalue weighted by Gasteiger charge is -2.42. The molecule has 2 N–H and O–H groups in total. The van der Waals surface area contributed by atoms with E-state index in [1.807, 2.05) is 0 Å². The van der Waals surface area contributed by atoms with Crippen molar-refractivity contribution in [2.75, 3.05) is 25.1 Å². The number of halogens is 3. The first kappa shape index (κ1) is 24.8. The predicted molar refractivity (Wildman–Crippen MR) is 115 cm³/mol. The number of benzene rings is 1. The largest absolute Gasteiger partial charge is 0.495 e. The highest BCUT2D eigenvalue weighted by Crippen LogP contribution is 2.34. The van der Waals surface area contributed by atoms with Crippen molar-refractivity contribution in [1.82, 2.24) is 9.29 Å². The Bertz CT molecular complexity index is 1110. The topological polar surface area (TPSA) is 104 Å². The number of hydrogen-bond acceptors (Lipinski definition) is 5. The summed E-state index contributed by atoms with van der Waals surface area (Å²) >= 11 is 0. The highest BCUT2D eigenvalue weighted by molar-refractivity contribution is 7.89. The van der Waals surface area contributed by atoms with Crippen LogP contribution in [0.2, 0.25) is 0 Å². The molecule has 3 atom stereocenters. The van der Waals surface area contributed by atoms with Gasteiger partial charge in [-0.25, -0.2) is 9.19 Å². The Morgan fingerprint density at radius 1 is 1.24 bits per heavy atom. The van der Waals surface area contributed by atoms with Gasteiger partial charge in [-0.15, -0.1) is 4.31 Å². The fourth-order valence-corrected chi connectivity index (χ4v) is 6.10. The number of piperazine rings is 1. The van der Waals surface area contributed by atoms with Crippen LogP contribution in [0.1, 0.15) is 25.0 Å². The predicted octanol–water partition coefficient (Wildman–Crippen LogP) is 3.18. The monoisotopic (exact) mass is 488 g/mol. The number of alkyl halides is 3. The molecule has 3 unspecified atom stereocenters. The second kappa shape index (κ2) is 9.18. The molecule has 0 radical (unpaired) electrons. The van der Waals surface area contributed by atoms with E-state index in [1.54, 1.807) is 18.7 Å². The number of methoxy groups -OCH3 is 1. The number of carbonyl (C=O) groups is 1. The van der Waals surface area contributed by atoms with Gasteiger partial charge in [-0.05, 0) is 43.7 Å². The minimum absolute atomic E-state index is 0.0245. The standard InChI is InChI=1S/C21H24F3N3O5S/c1-13-11-26(19-7-5-16(10-25-19)21(22,23)24)12-14(2)27(13)33(30,31)18-8-15(9-20(28)29)4-6-17(18)32-3/h4-8,10,13-14H,9,11-12H2,1-3H3,(H,28,29)/p+1.